The number of carboxylic acids is 2. The number of ketones is 1. The molecule has 1 aliphatic heterocycles. The maximum absolute atomic E-state index is 12.1. The Morgan fingerprint density at radius 3 is 2.30 bits per heavy atom. The molecule has 0 radical (unpaired) electrons. The van der Waals surface area contributed by atoms with Gasteiger partial charge in [0, 0.05) is 17.2 Å². The van der Waals surface area contributed by atoms with Gasteiger partial charge in [-0.1, -0.05) is 57.2 Å². The summed E-state index contributed by atoms with van der Waals surface area (Å²) >= 11 is 0. The smallest absolute Gasteiger partial charge is 0.331 e. The highest BCUT2D eigenvalue weighted by molar-refractivity contribution is 5.99. The highest BCUT2D eigenvalue weighted by atomic mass is 16.4. The molecule has 30 heavy (non-hydrogen) atoms. The summed E-state index contributed by atoms with van der Waals surface area (Å²) in [6, 6.07) is 9.93. The number of Topliss-reactive ketones (excluding diaryl/α,β-unsaturated/α-hetero) is 1. The number of hydrogen-bond donors (Lipinski definition) is 2. The van der Waals surface area contributed by atoms with Crippen molar-refractivity contribution in [2.24, 2.45) is 21.8 Å². The van der Waals surface area contributed by atoms with Crippen LogP contribution in [0.25, 0.3) is 0 Å². The Morgan fingerprint density at radius 1 is 1.13 bits per heavy atom. The van der Waals surface area contributed by atoms with Crippen molar-refractivity contribution in [3.05, 3.63) is 54.1 Å². The Labute approximate surface area is 176 Å². The number of aliphatic carboxylic acids is 2. The highest BCUT2D eigenvalue weighted by Gasteiger charge is 2.34. The molecule has 0 saturated heterocycles. The fraction of sp³-hybridized carbons (Fsp3) is 0.391. The normalized spacial score (nSPS) is 22.7. The largest absolute Gasteiger partial charge is 0.481 e. The van der Waals surface area contributed by atoms with Crippen molar-refractivity contribution >= 4 is 29.6 Å². The SMILES string of the molecule is CC(C)(C)C(=O)C1C=NN(c2ccccc2)C1.CC1(C(=O)O)C=CC=C(C(=O)O)C1. The van der Waals surface area contributed by atoms with Crippen LogP contribution in [0.2, 0.25) is 0 Å². The molecule has 2 atom stereocenters. The Balaban J connectivity index is 0.000000222. The third-order valence-electron chi connectivity index (χ3n) is 4.97. The number of carbonyl (C=O) groups is 3. The summed E-state index contributed by atoms with van der Waals surface area (Å²) in [6.45, 7) is 8.01. The first-order valence-electron chi connectivity index (χ1n) is 9.70. The van der Waals surface area contributed by atoms with Gasteiger partial charge in [0.05, 0.1) is 23.6 Å². The summed E-state index contributed by atoms with van der Waals surface area (Å²) in [5.74, 6) is -1.90. The van der Waals surface area contributed by atoms with Crippen LogP contribution in [0.4, 0.5) is 5.69 Å². The van der Waals surface area contributed by atoms with Crippen molar-refractivity contribution < 1.29 is 24.6 Å². The number of carbonyl (C=O) groups excluding carboxylic acids is 1. The quantitative estimate of drug-likeness (QED) is 0.779. The van der Waals surface area contributed by atoms with E-state index in [0.717, 1.165) is 5.69 Å². The van der Waals surface area contributed by atoms with Gasteiger partial charge < -0.3 is 10.2 Å². The molecule has 3 rings (SSSR count). The molecule has 0 aromatic heterocycles. The fourth-order valence-corrected chi connectivity index (χ4v) is 3.10. The minimum absolute atomic E-state index is 0.0359. The molecular weight excluding hydrogens is 384 g/mol. The van der Waals surface area contributed by atoms with Crippen molar-refractivity contribution in [3.63, 3.8) is 0 Å². The van der Waals surface area contributed by atoms with Gasteiger partial charge >= 0.3 is 11.9 Å². The van der Waals surface area contributed by atoms with E-state index in [1.165, 1.54) is 25.2 Å². The van der Waals surface area contributed by atoms with Crippen molar-refractivity contribution in [1.82, 2.24) is 0 Å². The average Bonchev–Trinajstić information content (AvgIpc) is 3.18. The number of anilines is 1. The zero-order valence-electron chi connectivity index (χ0n) is 17.7. The Hall–Kier alpha value is -3.22. The lowest BCUT2D eigenvalue weighted by atomic mass is 9.80. The van der Waals surface area contributed by atoms with Crippen LogP contribution >= 0.6 is 0 Å². The summed E-state index contributed by atoms with van der Waals surface area (Å²) in [4.78, 5) is 33.5. The predicted octanol–water partition coefficient (Wildman–Crippen LogP) is 3.77. The molecule has 1 aromatic carbocycles. The van der Waals surface area contributed by atoms with Gasteiger partial charge in [-0.2, -0.15) is 5.10 Å². The standard InChI is InChI=1S/C14H18N2O.C9H10O4/c1-14(2,3)13(17)11-9-15-16(10-11)12-7-5-4-6-8-12;1-9(8(12)13)4-2-3-6(5-9)7(10)11/h4-9,11H,10H2,1-3H3;2-4H,5H2,1H3,(H,10,11)(H,12,13). The molecule has 2 unspecified atom stereocenters. The number of nitrogens with zero attached hydrogens (tertiary/aromatic N) is 2. The molecule has 0 spiro atoms. The van der Waals surface area contributed by atoms with Crippen LogP contribution in [0.3, 0.4) is 0 Å². The van der Waals surface area contributed by atoms with E-state index < -0.39 is 17.4 Å². The molecular formula is C23H28N2O5. The number of hydrazone groups is 1. The third-order valence-corrected chi connectivity index (χ3v) is 4.97. The van der Waals surface area contributed by atoms with Crippen molar-refractivity contribution in [2.75, 3.05) is 11.6 Å². The maximum atomic E-state index is 12.1. The van der Waals surface area contributed by atoms with Crippen molar-refractivity contribution in [1.29, 1.82) is 0 Å². The van der Waals surface area contributed by atoms with E-state index in [1.807, 2.05) is 56.1 Å². The van der Waals surface area contributed by atoms with Gasteiger partial charge in [0.15, 0.2) is 0 Å². The topological polar surface area (TPSA) is 107 Å². The number of benzene rings is 1. The van der Waals surface area contributed by atoms with E-state index >= 15 is 0 Å². The van der Waals surface area contributed by atoms with Gasteiger partial charge in [-0.15, -0.1) is 0 Å². The van der Waals surface area contributed by atoms with E-state index in [1.54, 1.807) is 6.21 Å². The van der Waals surface area contributed by atoms with E-state index in [2.05, 4.69) is 5.10 Å². The van der Waals surface area contributed by atoms with Crippen LogP contribution < -0.4 is 5.01 Å². The lowest BCUT2D eigenvalue weighted by Gasteiger charge is -2.23. The average molecular weight is 412 g/mol. The number of carboxylic acid groups (broad SMARTS) is 2. The zero-order chi connectivity index (χ0) is 22.5. The molecule has 1 aliphatic carbocycles. The summed E-state index contributed by atoms with van der Waals surface area (Å²) in [6.07, 6.45) is 6.20. The minimum Gasteiger partial charge on any atom is -0.481 e. The first kappa shape index (κ1) is 23.1. The van der Waals surface area contributed by atoms with Gasteiger partial charge in [-0.3, -0.25) is 14.6 Å². The second kappa shape index (κ2) is 9.07. The second-order valence-corrected chi connectivity index (χ2v) is 8.66. The molecule has 2 N–H and O–H groups in total. The first-order chi connectivity index (χ1) is 13.9. The van der Waals surface area contributed by atoms with Crippen molar-refractivity contribution in [2.45, 2.75) is 34.1 Å². The first-order valence-corrected chi connectivity index (χ1v) is 9.70. The summed E-state index contributed by atoms with van der Waals surface area (Å²) in [5, 5.41) is 23.7. The fourth-order valence-electron chi connectivity index (χ4n) is 3.10. The Bertz CT molecular complexity index is 896. The maximum Gasteiger partial charge on any atom is 0.331 e. The third kappa shape index (κ3) is 5.65. The molecule has 0 saturated carbocycles. The highest BCUT2D eigenvalue weighted by Crippen LogP contribution is 2.31. The minimum atomic E-state index is -1.08. The van der Waals surface area contributed by atoms with Gasteiger partial charge in [0.2, 0.25) is 0 Å². The van der Waals surface area contributed by atoms with E-state index in [9.17, 15) is 14.4 Å². The molecule has 2 aliphatic rings. The number of hydrogen-bond acceptors (Lipinski definition) is 5. The van der Waals surface area contributed by atoms with E-state index in [4.69, 9.17) is 10.2 Å². The molecule has 7 heteroatoms. The molecule has 0 amide bonds. The van der Waals surface area contributed by atoms with Crippen LogP contribution in [0, 0.1) is 16.7 Å². The van der Waals surface area contributed by atoms with Crippen LogP contribution in [0.1, 0.15) is 34.1 Å². The summed E-state index contributed by atoms with van der Waals surface area (Å²) in [5.41, 5.74) is -0.216. The van der Waals surface area contributed by atoms with Crippen LogP contribution in [0.5, 0.6) is 0 Å². The molecule has 0 bridgehead atoms. The monoisotopic (exact) mass is 412 g/mol. The summed E-state index contributed by atoms with van der Waals surface area (Å²) < 4.78 is 0. The van der Waals surface area contributed by atoms with Gasteiger partial charge in [-0.25, -0.2) is 4.79 Å². The van der Waals surface area contributed by atoms with Gasteiger partial charge in [0.1, 0.15) is 5.78 Å². The Morgan fingerprint density at radius 2 is 1.77 bits per heavy atom. The molecule has 0 fully saturated rings. The Kier molecular flexibility index (Phi) is 6.97. The van der Waals surface area contributed by atoms with Crippen LogP contribution in [0.15, 0.2) is 59.2 Å². The second-order valence-electron chi connectivity index (χ2n) is 8.66. The van der Waals surface area contributed by atoms with E-state index in [-0.39, 0.29) is 29.1 Å². The number of para-hydroxylation sites is 1. The predicted molar refractivity (Wildman–Crippen MR) is 115 cm³/mol. The van der Waals surface area contributed by atoms with Crippen LogP contribution in [-0.2, 0) is 14.4 Å². The number of allylic oxidation sites excluding steroid dienone is 2. The summed E-state index contributed by atoms with van der Waals surface area (Å²) in [7, 11) is 0. The van der Waals surface area contributed by atoms with Crippen molar-refractivity contribution in [3.8, 4) is 0 Å². The van der Waals surface area contributed by atoms with Crippen LogP contribution in [-0.4, -0.2) is 40.7 Å². The molecule has 160 valence electrons. The lowest BCUT2D eigenvalue weighted by Crippen LogP contribution is -2.32. The zero-order valence-corrected chi connectivity index (χ0v) is 17.7. The lowest BCUT2D eigenvalue weighted by molar-refractivity contribution is -0.145. The van der Waals surface area contributed by atoms with Gasteiger partial charge in [-0.05, 0) is 25.5 Å². The molecule has 7 nitrogen and oxygen atoms in total. The van der Waals surface area contributed by atoms with Gasteiger partial charge in [0.25, 0.3) is 0 Å². The molecule has 1 heterocycles. The molecule has 1 aromatic rings. The number of rotatable bonds is 4. The van der Waals surface area contributed by atoms with E-state index in [0.29, 0.717) is 6.54 Å².